The average Bonchev–Trinajstić information content (AvgIpc) is 1.41. The molecule has 0 spiro atoms. The number of rotatable bonds is 0. The fourth-order valence-corrected chi connectivity index (χ4v) is 0. The van der Waals surface area contributed by atoms with Gasteiger partial charge in [-0.3, -0.25) is 0 Å². The van der Waals surface area contributed by atoms with Crippen LogP contribution in [0.25, 0.3) is 0 Å². The Labute approximate surface area is 41.1 Å². The van der Waals surface area contributed by atoms with Crippen LogP contribution < -0.4 is 0 Å². The molecule has 0 N–H and O–H groups in total. The maximum Gasteiger partial charge on any atom is 0.0366 e. The van der Waals surface area contributed by atoms with E-state index in [0.717, 1.165) is 0 Å². The zero-order valence-electron chi connectivity index (χ0n) is 3.09. The summed E-state index contributed by atoms with van der Waals surface area (Å²) < 4.78 is 8.97. The molecular weight excluding hydrogens is 163 g/mol. The third-order valence-electron chi connectivity index (χ3n) is 0.0668. The maximum atomic E-state index is 6.42. The standard InChI is InChI=1S/C3H3I/c1-2-3-4/h1H3/i1T. The van der Waals surface area contributed by atoms with E-state index in [9.17, 15) is 0 Å². The van der Waals surface area contributed by atoms with E-state index < -0.39 is 0 Å². The Morgan fingerprint density at radius 2 is 3.00 bits per heavy atom. The Morgan fingerprint density at radius 3 is 3.00 bits per heavy atom. The van der Waals surface area contributed by atoms with Gasteiger partial charge in [0, 0.05) is 24.0 Å². The minimum atomic E-state index is 0.225. The molecule has 0 saturated carbocycles. The van der Waals surface area contributed by atoms with Crippen LogP contribution in [0.3, 0.4) is 0 Å². The lowest BCUT2D eigenvalue weighted by Crippen LogP contribution is -1.20. The van der Waals surface area contributed by atoms with Gasteiger partial charge in [-0.25, -0.2) is 0 Å². The molecule has 0 atom stereocenters. The highest BCUT2D eigenvalue weighted by molar-refractivity contribution is 14.1. The van der Waals surface area contributed by atoms with Gasteiger partial charge in [0.2, 0.25) is 0 Å². The molecule has 0 heterocycles. The highest BCUT2D eigenvalue weighted by Gasteiger charge is 1.29. The SMILES string of the molecule is [3H]CC#CI. The van der Waals surface area contributed by atoms with E-state index in [-0.39, 0.29) is 6.90 Å². The van der Waals surface area contributed by atoms with Gasteiger partial charge >= 0.3 is 0 Å². The summed E-state index contributed by atoms with van der Waals surface area (Å²) >= 11 is 1.91. The zero-order valence-corrected chi connectivity index (χ0v) is 4.24. The highest BCUT2D eigenvalue weighted by atomic mass is 127. The Morgan fingerprint density at radius 1 is 2.25 bits per heavy atom. The number of hydrogen-bond donors (Lipinski definition) is 0. The van der Waals surface area contributed by atoms with Crippen LogP contribution in [0.4, 0.5) is 0 Å². The molecule has 0 saturated heterocycles. The summed E-state index contributed by atoms with van der Waals surface area (Å²) in [5.41, 5.74) is 0. The quantitative estimate of drug-likeness (QED) is 0.378. The smallest absolute Gasteiger partial charge is 0.0366 e. The molecule has 0 unspecified atom stereocenters. The minimum Gasteiger partial charge on any atom is -0.0953 e. The van der Waals surface area contributed by atoms with Gasteiger partial charge < -0.3 is 0 Å². The van der Waals surface area contributed by atoms with Gasteiger partial charge in [-0.1, -0.05) is 5.92 Å². The zero-order chi connectivity index (χ0) is 4.12. The second-order valence-electron chi connectivity index (χ2n) is 0.271. The van der Waals surface area contributed by atoms with Crippen molar-refractivity contribution in [3.8, 4) is 9.85 Å². The molecule has 0 fully saturated rings. The van der Waals surface area contributed by atoms with E-state index in [4.69, 9.17) is 1.37 Å². The molecule has 0 rings (SSSR count). The minimum absolute atomic E-state index is 0.225. The second kappa shape index (κ2) is 3.29. The lowest BCUT2D eigenvalue weighted by Gasteiger charge is -1.37. The van der Waals surface area contributed by atoms with Crippen LogP contribution >= 0.6 is 22.6 Å². The molecule has 0 aromatic rings. The fraction of sp³-hybridized carbons (Fsp3) is 0.333. The normalized spacial score (nSPS) is 6.75. The van der Waals surface area contributed by atoms with E-state index >= 15 is 0 Å². The summed E-state index contributed by atoms with van der Waals surface area (Å²) in [6.45, 7) is 0.225. The van der Waals surface area contributed by atoms with Crippen LogP contribution in [0.1, 0.15) is 8.27 Å². The monoisotopic (exact) mass is 168 g/mol. The predicted molar refractivity (Wildman–Crippen MR) is 27.5 cm³/mol. The Balaban J connectivity index is 2.81. The van der Waals surface area contributed by atoms with Gasteiger partial charge in [0.15, 0.2) is 0 Å². The molecule has 0 aromatic carbocycles. The van der Waals surface area contributed by atoms with Gasteiger partial charge in [-0.2, -0.15) is 0 Å². The molecule has 0 aliphatic rings. The van der Waals surface area contributed by atoms with Crippen LogP contribution in [-0.4, -0.2) is 0 Å². The first-order valence-corrected chi connectivity index (χ1v) is 1.87. The summed E-state index contributed by atoms with van der Waals surface area (Å²) in [6.07, 6.45) is 0. The summed E-state index contributed by atoms with van der Waals surface area (Å²) in [7, 11) is 0. The lowest BCUT2D eigenvalue weighted by atomic mass is 10.9. The van der Waals surface area contributed by atoms with Crippen LogP contribution in [-0.2, 0) is 0 Å². The number of halogens is 1. The maximum absolute atomic E-state index is 6.42. The molecule has 0 aromatic heterocycles. The molecule has 22 valence electrons. The Kier molecular flexibility index (Phi) is 2.08. The van der Waals surface area contributed by atoms with E-state index in [1.165, 1.54) is 0 Å². The summed E-state index contributed by atoms with van der Waals surface area (Å²) in [4.78, 5) is 0. The lowest BCUT2D eigenvalue weighted by molar-refractivity contribution is 1.94. The molecule has 0 bridgehead atoms. The molecule has 0 aliphatic heterocycles. The summed E-state index contributed by atoms with van der Waals surface area (Å²) in [5.74, 6) is 2.51. The summed E-state index contributed by atoms with van der Waals surface area (Å²) in [5, 5.41) is 0. The van der Waals surface area contributed by atoms with Crippen molar-refractivity contribution >= 4 is 22.6 Å². The molecule has 0 radical (unpaired) electrons. The van der Waals surface area contributed by atoms with Gasteiger partial charge in [0.05, 0.1) is 0 Å². The van der Waals surface area contributed by atoms with Crippen molar-refractivity contribution in [2.24, 2.45) is 0 Å². The molecule has 1 heteroatoms. The van der Waals surface area contributed by atoms with Gasteiger partial charge in [0.25, 0.3) is 0 Å². The van der Waals surface area contributed by atoms with E-state index in [2.05, 4.69) is 9.85 Å². The molecule has 4 heavy (non-hydrogen) atoms. The van der Waals surface area contributed by atoms with Crippen molar-refractivity contribution in [1.82, 2.24) is 0 Å². The van der Waals surface area contributed by atoms with E-state index in [1.807, 2.05) is 22.6 Å². The van der Waals surface area contributed by atoms with Crippen molar-refractivity contribution in [1.29, 1.82) is 0 Å². The van der Waals surface area contributed by atoms with Crippen molar-refractivity contribution in [2.45, 2.75) is 6.90 Å². The third-order valence-corrected chi connectivity index (χ3v) is 0.448. The largest absolute Gasteiger partial charge is 0.0953 e. The average molecular weight is 168 g/mol. The summed E-state index contributed by atoms with van der Waals surface area (Å²) in [6, 6.07) is 0. The van der Waals surface area contributed by atoms with E-state index in [0.29, 0.717) is 0 Å². The van der Waals surface area contributed by atoms with Crippen molar-refractivity contribution in [3.05, 3.63) is 0 Å². The van der Waals surface area contributed by atoms with Gasteiger partial charge in [-0.05, 0) is 10.8 Å². The fourth-order valence-electron chi connectivity index (χ4n) is 0. The predicted octanol–water partition coefficient (Wildman–Crippen LogP) is 1.40. The van der Waals surface area contributed by atoms with E-state index in [1.54, 1.807) is 0 Å². The Hall–Kier alpha value is 0.290. The highest BCUT2D eigenvalue weighted by Crippen LogP contribution is 1.65. The molecule has 0 amide bonds. The first-order valence-electron chi connectivity index (χ1n) is 1.50. The van der Waals surface area contributed by atoms with Gasteiger partial charge in [-0.15, -0.1) is 0 Å². The van der Waals surface area contributed by atoms with Crippen molar-refractivity contribution in [3.63, 3.8) is 0 Å². The van der Waals surface area contributed by atoms with Crippen LogP contribution in [0, 0.1) is 9.85 Å². The first kappa shape index (κ1) is 2.52. The van der Waals surface area contributed by atoms with Crippen molar-refractivity contribution in [2.75, 3.05) is 0 Å². The third kappa shape index (κ3) is 2.29. The molecule has 0 aliphatic carbocycles. The Bertz CT molecular complexity index is 59.0. The number of hydrogen-bond acceptors (Lipinski definition) is 0. The van der Waals surface area contributed by atoms with Crippen LogP contribution in [0.2, 0.25) is 0 Å². The van der Waals surface area contributed by atoms with Gasteiger partial charge in [0.1, 0.15) is 0 Å². The van der Waals surface area contributed by atoms with Crippen LogP contribution in [0.5, 0.6) is 0 Å². The first-order chi connectivity index (χ1) is 2.41. The second-order valence-corrected chi connectivity index (χ2v) is 0.811. The molecule has 0 nitrogen and oxygen atoms in total. The molecular formula is C3H3I. The van der Waals surface area contributed by atoms with Crippen LogP contribution in [0.15, 0.2) is 0 Å². The topological polar surface area (TPSA) is 0 Å². The van der Waals surface area contributed by atoms with Crippen molar-refractivity contribution < 1.29 is 1.37 Å².